The fourth-order valence-electron chi connectivity index (χ4n) is 3.58. The number of benzene rings is 1. The summed E-state index contributed by atoms with van der Waals surface area (Å²) in [5.74, 6) is 0.753. The van der Waals surface area contributed by atoms with Gasteiger partial charge in [0.05, 0.1) is 0 Å². The Morgan fingerprint density at radius 3 is 2.62 bits per heavy atom. The summed E-state index contributed by atoms with van der Waals surface area (Å²) < 4.78 is 0. The second-order valence-corrected chi connectivity index (χ2v) is 7.27. The smallest absolute Gasteiger partial charge is 0.226 e. The van der Waals surface area contributed by atoms with Crippen molar-refractivity contribution in [1.29, 1.82) is 0 Å². The van der Waals surface area contributed by atoms with Gasteiger partial charge in [-0.2, -0.15) is 0 Å². The van der Waals surface area contributed by atoms with Crippen molar-refractivity contribution < 1.29 is 9.59 Å². The minimum absolute atomic E-state index is 0.0548. The van der Waals surface area contributed by atoms with E-state index in [0.29, 0.717) is 13.1 Å². The van der Waals surface area contributed by atoms with Crippen molar-refractivity contribution in [2.24, 2.45) is 11.8 Å². The summed E-state index contributed by atoms with van der Waals surface area (Å²) in [6.45, 7) is 4.16. The van der Waals surface area contributed by atoms with Gasteiger partial charge in [-0.3, -0.25) is 9.59 Å². The Kier molecular flexibility index (Phi) is 5.44. The van der Waals surface area contributed by atoms with Gasteiger partial charge in [-0.15, -0.1) is 0 Å². The molecule has 0 spiro atoms. The van der Waals surface area contributed by atoms with Gasteiger partial charge in [0.1, 0.15) is 0 Å². The summed E-state index contributed by atoms with van der Waals surface area (Å²) >= 11 is 6.24. The van der Waals surface area contributed by atoms with Gasteiger partial charge in [0.25, 0.3) is 0 Å². The SMILES string of the molecule is CCCNC(=O)C1CCN(C(=O)C2CC2c2ccccc2Cl)CC1. The van der Waals surface area contributed by atoms with Gasteiger partial charge in [-0.25, -0.2) is 0 Å². The molecule has 0 aromatic heterocycles. The maximum absolute atomic E-state index is 12.7. The number of hydrogen-bond donors (Lipinski definition) is 1. The van der Waals surface area contributed by atoms with E-state index in [2.05, 4.69) is 5.32 Å². The molecule has 1 aromatic rings. The predicted molar refractivity (Wildman–Crippen MR) is 94.9 cm³/mol. The zero-order valence-electron chi connectivity index (χ0n) is 14.1. The van der Waals surface area contributed by atoms with Crippen LogP contribution < -0.4 is 5.32 Å². The number of carbonyl (C=O) groups is 2. The fourth-order valence-corrected chi connectivity index (χ4v) is 3.85. The van der Waals surface area contributed by atoms with Crippen LogP contribution in [0.4, 0.5) is 0 Å². The molecule has 2 unspecified atom stereocenters. The number of nitrogens with one attached hydrogen (secondary N) is 1. The predicted octanol–water partition coefficient (Wildman–Crippen LogP) is 3.21. The minimum atomic E-state index is 0.0548. The first-order valence-electron chi connectivity index (χ1n) is 8.92. The van der Waals surface area contributed by atoms with Crippen LogP contribution in [0, 0.1) is 11.8 Å². The van der Waals surface area contributed by atoms with E-state index < -0.39 is 0 Å². The van der Waals surface area contributed by atoms with Gasteiger partial charge in [0.2, 0.25) is 11.8 Å². The number of hydrogen-bond acceptors (Lipinski definition) is 2. The molecule has 1 aliphatic carbocycles. The second-order valence-electron chi connectivity index (χ2n) is 6.86. The third-order valence-corrected chi connectivity index (χ3v) is 5.48. The molecular weight excluding hydrogens is 324 g/mol. The van der Waals surface area contributed by atoms with Gasteiger partial charge in [0, 0.05) is 36.5 Å². The molecule has 2 aliphatic rings. The van der Waals surface area contributed by atoms with Gasteiger partial charge in [-0.05, 0) is 43.2 Å². The topological polar surface area (TPSA) is 49.4 Å². The van der Waals surface area contributed by atoms with E-state index in [4.69, 9.17) is 11.6 Å². The van der Waals surface area contributed by atoms with E-state index >= 15 is 0 Å². The average molecular weight is 349 g/mol. The van der Waals surface area contributed by atoms with Crippen LogP contribution in [0.3, 0.4) is 0 Å². The lowest BCUT2D eigenvalue weighted by Gasteiger charge is -2.31. The number of nitrogens with zero attached hydrogens (tertiary/aromatic N) is 1. The maximum Gasteiger partial charge on any atom is 0.226 e. The molecule has 1 N–H and O–H groups in total. The molecule has 2 atom stereocenters. The molecule has 2 amide bonds. The number of halogens is 1. The van der Waals surface area contributed by atoms with E-state index in [1.807, 2.05) is 36.1 Å². The quantitative estimate of drug-likeness (QED) is 0.888. The van der Waals surface area contributed by atoms with Crippen LogP contribution in [0.25, 0.3) is 0 Å². The summed E-state index contributed by atoms with van der Waals surface area (Å²) in [6.07, 6.45) is 3.38. The molecule has 1 saturated heterocycles. The van der Waals surface area contributed by atoms with E-state index in [0.717, 1.165) is 42.8 Å². The van der Waals surface area contributed by atoms with Crippen molar-refractivity contribution in [2.75, 3.05) is 19.6 Å². The first-order chi connectivity index (χ1) is 11.6. The highest BCUT2D eigenvalue weighted by atomic mass is 35.5. The number of likely N-dealkylation sites (tertiary alicyclic amines) is 1. The molecule has 4 nitrogen and oxygen atoms in total. The lowest BCUT2D eigenvalue weighted by molar-refractivity contribution is -0.136. The number of amides is 2. The molecule has 1 aromatic carbocycles. The zero-order valence-corrected chi connectivity index (χ0v) is 14.9. The van der Waals surface area contributed by atoms with Crippen LogP contribution in [0.15, 0.2) is 24.3 Å². The minimum Gasteiger partial charge on any atom is -0.356 e. The van der Waals surface area contributed by atoms with Crippen LogP contribution >= 0.6 is 11.6 Å². The molecule has 0 bridgehead atoms. The van der Waals surface area contributed by atoms with E-state index in [9.17, 15) is 9.59 Å². The highest BCUT2D eigenvalue weighted by Crippen LogP contribution is 2.50. The largest absolute Gasteiger partial charge is 0.356 e. The Balaban J connectivity index is 1.50. The van der Waals surface area contributed by atoms with Crippen molar-refractivity contribution >= 4 is 23.4 Å². The van der Waals surface area contributed by atoms with Crippen LogP contribution in [-0.2, 0) is 9.59 Å². The van der Waals surface area contributed by atoms with Crippen molar-refractivity contribution in [1.82, 2.24) is 10.2 Å². The van der Waals surface area contributed by atoms with Crippen LogP contribution in [0.5, 0.6) is 0 Å². The fraction of sp³-hybridized carbons (Fsp3) is 0.579. The summed E-state index contributed by atoms with van der Waals surface area (Å²) in [4.78, 5) is 26.6. The molecule has 24 heavy (non-hydrogen) atoms. The van der Waals surface area contributed by atoms with E-state index in [1.54, 1.807) is 0 Å². The summed E-state index contributed by atoms with van der Waals surface area (Å²) in [5.41, 5.74) is 1.09. The maximum atomic E-state index is 12.7. The molecule has 3 rings (SSSR count). The Morgan fingerprint density at radius 1 is 1.25 bits per heavy atom. The van der Waals surface area contributed by atoms with Crippen molar-refractivity contribution in [3.8, 4) is 0 Å². The third-order valence-electron chi connectivity index (χ3n) is 5.14. The Morgan fingerprint density at radius 2 is 1.96 bits per heavy atom. The average Bonchev–Trinajstić information content (AvgIpc) is 3.40. The summed E-state index contributed by atoms with van der Waals surface area (Å²) in [6, 6.07) is 7.79. The monoisotopic (exact) mass is 348 g/mol. The van der Waals surface area contributed by atoms with Crippen molar-refractivity contribution in [3.05, 3.63) is 34.9 Å². The highest BCUT2D eigenvalue weighted by molar-refractivity contribution is 6.31. The van der Waals surface area contributed by atoms with Gasteiger partial charge >= 0.3 is 0 Å². The lowest BCUT2D eigenvalue weighted by atomic mass is 9.95. The molecule has 1 aliphatic heterocycles. The Labute approximate surface area is 148 Å². The number of rotatable bonds is 5. The van der Waals surface area contributed by atoms with Crippen molar-refractivity contribution in [2.45, 2.75) is 38.5 Å². The van der Waals surface area contributed by atoms with Gasteiger partial charge in [-0.1, -0.05) is 36.7 Å². The molecule has 130 valence electrons. The Bertz CT molecular complexity index is 611. The lowest BCUT2D eigenvalue weighted by Crippen LogP contribution is -2.43. The van der Waals surface area contributed by atoms with Crippen LogP contribution in [0.1, 0.15) is 44.1 Å². The van der Waals surface area contributed by atoms with Crippen LogP contribution in [-0.4, -0.2) is 36.3 Å². The van der Waals surface area contributed by atoms with Gasteiger partial charge < -0.3 is 10.2 Å². The van der Waals surface area contributed by atoms with Crippen molar-refractivity contribution in [3.63, 3.8) is 0 Å². The standard InChI is InChI=1S/C19H25ClN2O2/c1-2-9-21-18(23)13-7-10-22(11-8-13)19(24)16-12-15(16)14-5-3-4-6-17(14)20/h3-6,13,15-16H,2,7-12H2,1H3,(H,21,23). The van der Waals surface area contributed by atoms with Gasteiger partial charge in [0.15, 0.2) is 0 Å². The Hall–Kier alpha value is -1.55. The number of carbonyl (C=O) groups excluding carboxylic acids is 2. The zero-order chi connectivity index (χ0) is 17.1. The summed E-state index contributed by atoms with van der Waals surface area (Å²) in [7, 11) is 0. The first kappa shape index (κ1) is 17.3. The molecule has 0 radical (unpaired) electrons. The molecule has 5 heteroatoms. The third kappa shape index (κ3) is 3.75. The first-order valence-corrected chi connectivity index (χ1v) is 9.30. The number of piperidine rings is 1. The molecule has 2 fully saturated rings. The van der Waals surface area contributed by atoms with E-state index in [1.165, 1.54) is 0 Å². The van der Waals surface area contributed by atoms with E-state index in [-0.39, 0.29) is 29.6 Å². The molecule has 1 heterocycles. The molecule has 1 saturated carbocycles. The van der Waals surface area contributed by atoms with Crippen LogP contribution in [0.2, 0.25) is 5.02 Å². The summed E-state index contributed by atoms with van der Waals surface area (Å²) in [5, 5.41) is 3.71. The molecular formula is C19H25ClN2O2. The normalized spacial score (nSPS) is 23.8. The second kappa shape index (κ2) is 7.56. The highest BCUT2D eigenvalue weighted by Gasteiger charge is 2.47.